The number of hydrogen-bond donors (Lipinski definition) is 1. The van der Waals surface area contributed by atoms with Crippen molar-refractivity contribution in [2.24, 2.45) is 0 Å². The fourth-order valence-corrected chi connectivity index (χ4v) is 2.76. The van der Waals surface area contributed by atoms with Gasteiger partial charge in [-0.05, 0) is 40.2 Å². The maximum atomic E-state index is 13.4. The third-order valence-electron chi connectivity index (χ3n) is 2.69. The predicted octanol–water partition coefficient (Wildman–Crippen LogP) is 3.86. The molecule has 0 heterocycles. The average Bonchev–Trinajstić information content (AvgIpc) is 2.54. The van der Waals surface area contributed by atoms with Gasteiger partial charge in [-0.2, -0.15) is 0 Å². The van der Waals surface area contributed by atoms with Crippen LogP contribution < -0.4 is 5.32 Å². The Morgan fingerprint density at radius 1 is 1.13 bits per heavy atom. The molecule has 0 aliphatic carbocycles. The molecule has 0 saturated heterocycles. The van der Waals surface area contributed by atoms with Crippen molar-refractivity contribution in [2.45, 2.75) is 4.90 Å². The molecular formula is C16H13BrFNO3S. The minimum Gasteiger partial charge on any atom is -0.455 e. The normalized spacial score (nSPS) is 10.2. The minimum atomic E-state index is -0.583. The van der Waals surface area contributed by atoms with Crippen LogP contribution in [0.5, 0.6) is 0 Å². The van der Waals surface area contributed by atoms with Crippen molar-refractivity contribution in [3.05, 3.63) is 58.8 Å². The van der Waals surface area contributed by atoms with Crippen LogP contribution in [0.1, 0.15) is 0 Å². The van der Waals surface area contributed by atoms with E-state index in [0.29, 0.717) is 10.6 Å². The zero-order valence-corrected chi connectivity index (χ0v) is 14.3. The van der Waals surface area contributed by atoms with Gasteiger partial charge in [0, 0.05) is 9.37 Å². The SMILES string of the molecule is O=C(COC(=O)CSc1ccccc1F)Nc1ccccc1Br. The number of carbonyl (C=O) groups is 2. The molecule has 0 atom stereocenters. The first kappa shape index (κ1) is 17.5. The fraction of sp³-hybridized carbons (Fsp3) is 0.125. The summed E-state index contributed by atoms with van der Waals surface area (Å²) in [4.78, 5) is 23.7. The number of ether oxygens (including phenoxy) is 1. The van der Waals surface area contributed by atoms with Crippen LogP contribution in [0.15, 0.2) is 57.9 Å². The first-order valence-corrected chi connectivity index (χ1v) is 8.41. The molecule has 0 aromatic heterocycles. The van der Waals surface area contributed by atoms with E-state index in [1.807, 2.05) is 6.07 Å². The molecule has 0 aliphatic rings. The Kier molecular flexibility index (Phi) is 6.61. The van der Waals surface area contributed by atoms with E-state index in [2.05, 4.69) is 21.2 Å². The number of halogens is 2. The van der Waals surface area contributed by atoms with E-state index in [4.69, 9.17) is 4.74 Å². The van der Waals surface area contributed by atoms with Crippen LogP contribution in [0.3, 0.4) is 0 Å². The summed E-state index contributed by atoms with van der Waals surface area (Å²) in [5.41, 5.74) is 0.592. The lowest BCUT2D eigenvalue weighted by Crippen LogP contribution is -2.21. The van der Waals surface area contributed by atoms with Gasteiger partial charge in [-0.25, -0.2) is 4.39 Å². The number of hydrogen-bond acceptors (Lipinski definition) is 4. The summed E-state index contributed by atoms with van der Waals surface area (Å²) in [6.07, 6.45) is 0. The van der Waals surface area contributed by atoms with Crippen LogP contribution >= 0.6 is 27.7 Å². The predicted molar refractivity (Wildman–Crippen MR) is 90.9 cm³/mol. The van der Waals surface area contributed by atoms with Gasteiger partial charge in [-0.3, -0.25) is 9.59 Å². The monoisotopic (exact) mass is 397 g/mol. The highest BCUT2D eigenvalue weighted by Crippen LogP contribution is 2.22. The molecule has 23 heavy (non-hydrogen) atoms. The van der Waals surface area contributed by atoms with E-state index in [-0.39, 0.29) is 5.75 Å². The topological polar surface area (TPSA) is 55.4 Å². The van der Waals surface area contributed by atoms with Crippen LogP contribution in [0.25, 0.3) is 0 Å². The Morgan fingerprint density at radius 3 is 2.57 bits per heavy atom. The summed E-state index contributed by atoms with van der Waals surface area (Å²) in [7, 11) is 0. The number of rotatable bonds is 6. The standard InChI is InChI=1S/C16H13BrFNO3S/c17-11-5-1-3-7-13(11)19-15(20)9-22-16(21)10-23-14-8-4-2-6-12(14)18/h1-8H,9-10H2,(H,19,20). The van der Waals surface area contributed by atoms with Gasteiger partial charge in [0.2, 0.25) is 0 Å². The van der Waals surface area contributed by atoms with E-state index >= 15 is 0 Å². The van der Waals surface area contributed by atoms with Gasteiger partial charge in [0.05, 0.1) is 11.4 Å². The summed E-state index contributed by atoms with van der Waals surface area (Å²) in [6, 6.07) is 13.2. The van der Waals surface area contributed by atoms with Gasteiger partial charge in [0.25, 0.3) is 5.91 Å². The van der Waals surface area contributed by atoms with E-state index in [0.717, 1.165) is 16.2 Å². The van der Waals surface area contributed by atoms with Crippen molar-refractivity contribution in [1.82, 2.24) is 0 Å². The van der Waals surface area contributed by atoms with Crippen molar-refractivity contribution in [1.29, 1.82) is 0 Å². The number of amides is 1. The average molecular weight is 398 g/mol. The number of nitrogens with one attached hydrogen (secondary N) is 1. The zero-order valence-electron chi connectivity index (χ0n) is 11.9. The van der Waals surface area contributed by atoms with Crippen molar-refractivity contribution < 1.29 is 18.7 Å². The molecule has 0 bridgehead atoms. The van der Waals surface area contributed by atoms with Crippen molar-refractivity contribution in [3.63, 3.8) is 0 Å². The molecule has 0 unspecified atom stereocenters. The summed E-state index contributed by atoms with van der Waals surface area (Å²) in [5, 5.41) is 2.62. The molecule has 2 rings (SSSR count). The number of carbonyl (C=O) groups excluding carboxylic acids is 2. The van der Waals surface area contributed by atoms with Gasteiger partial charge >= 0.3 is 5.97 Å². The van der Waals surface area contributed by atoms with Crippen LogP contribution in [0.4, 0.5) is 10.1 Å². The highest BCUT2D eigenvalue weighted by molar-refractivity contribution is 9.10. The smallest absolute Gasteiger partial charge is 0.316 e. The molecule has 0 radical (unpaired) electrons. The van der Waals surface area contributed by atoms with Crippen LogP contribution in [0.2, 0.25) is 0 Å². The number of esters is 1. The second kappa shape index (κ2) is 8.69. The molecule has 2 aromatic rings. The molecule has 2 aromatic carbocycles. The van der Waals surface area contributed by atoms with Gasteiger partial charge in [-0.1, -0.05) is 24.3 Å². The number of anilines is 1. The third-order valence-corrected chi connectivity index (χ3v) is 4.41. The Labute approximate surface area is 145 Å². The van der Waals surface area contributed by atoms with Gasteiger partial charge in [0.1, 0.15) is 5.82 Å². The molecule has 7 heteroatoms. The maximum absolute atomic E-state index is 13.4. The minimum absolute atomic E-state index is 0.0662. The van der Waals surface area contributed by atoms with Crippen molar-refractivity contribution in [3.8, 4) is 0 Å². The third kappa shape index (κ3) is 5.69. The van der Waals surface area contributed by atoms with E-state index in [1.165, 1.54) is 6.07 Å². The number of para-hydroxylation sites is 1. The highest BCUT2D eigenvalue weighted by Gasteiger charge is 2.11. The molecular weight excluding hydrogens is 385 g/mol. The lowest BCUT2D eigenvalue weighted by atomic mass is 10.3. The van der Waals surface area contributed by atoms with E-state index in [9.17, 15) is 14.0 Å². The molecule has 120 valence electrons. The second-order valence-corrected chi connectivity index (χ2v) is 6.28. The Balaban J connectivity index is 1.75. The summed E-state index contributed by atoms with van der Waals surface area (Å²) in [5.74, 6) is -1.48. The summed E-state index contributed by atoms with van der Waals surface area (Å²) in [6.45, 7) is -0.391. The number of benzene rings is 2. The molecule has 1 amide bonds. The quantitative estimate of drug-likeness (QED) is 0.593. The summed E-state index contributed by atoms with van der Waals surface area (Å²) >= 11 is 4.33. The molecule has 0 spiro atoms. The van der Waals surface area contributed by atoms with Crippen LogP contribution in [-0.2, 0) is 14.3 Å². The van der Waals surface area contributed by atoms with Gasteiger partial charge in [0.15, 0.2) is 6.61 Å². The summed E-state index contributed by atoms with van der Waals surface area (Å²) < 4.78 is 19.0. The van der Waals surface area contributed by atoms with E-state index < -0.39 is 24.3 Å². The van der Waals surface area contributed by atoms with Gasteiger partial charge < -0.3 is 10.1 Å². The molecule has 1 N–H and O–H groups in total. The van der Waals surface area contributed by atoms with Crippen molar-refractivity contribution in [2.75, 3.05) is 17.7 Å². The Morgan fingerprint density at radius 2 is 1.83 bits per heavy atom. The fourth-order valence-electron chi connectivity index (χ4n) is 1.64. The molecule has 4 nitrogen and oxygen atoms in total. The van der Waals surface area contributed by atoms with Crippen molar-refractivity contribution >= 4 is 45.3 Å². The Bertz CT molecular complexity index is 711. The maximum Gasteiger partial charge on any atom is 0.316 e. The highest BCUT2D eigenvalue weighted by atomic mass is 79.9. The van der Waals surface area contributed by atoms with Gasteiger partial charge in [-0.15, -0.1) is 11.8 Å². The van der Waals surface area contributed by atoms with Crippen LogP contribution in [-0.4, -0.2) is 24.2 Å². The first-order valence-electron chi connectivity index (χ1n) is 6.63. The van der Waals surface area contributed by atoms with Crippen LogP contribution in [0, 0.1) is 5.82 Å². The lowest BCUT2D eigenvalue weighted by Gasteiger charge is -2.08. The second-order valence-electron chi connectivity index (χ2n) is 4.41. The molecule has 0 aliphatic heterocycles. The molecule has 0 fully saturated rings. The Hall–Kier alpha value is -1.86. The lowest BCUT2D eigenvalue weighted by molar-refractivity contribution is -0.144. The first-order chi connectivity index (χ1) is 11.1. The van der Waals surface area contributed by atoms with E-state index in [1.54, 1.807) is 36.4 Å². The largest absolute Gasteiger partial charge is 0.455 e. The number of thioether (sulfide) groups is 1. The molecule has 0 saturated carbocycles. The zero-order chi connectivity index (χ0) is 16.7.